The van der Waals surface area contributed by atoms with Gasteiger partial charge < -0.3 is 5.32 Å². The first kappa shape index (κ1) is 20.9. The molecule has 0 saturated heterocycles. The maximum Gasteiger partial charge on any atom is 0.471 e. The summed E-state index contributed by atoms with van der Waals surface area (Å²) in [7, 11) is -3.81. The number of nitrogens with one attached hydrogen (secondary N) is 2. The third-order valence-electron chi connectivity index (χ3n) is 3.33. The summed E-state index contributed by atoms with van der Waals surface area (Å²) in [5.41, 5.74) is 0.143. The molecule has 0 heterocycles. The summed E-state index contributed by atoms with van der Waals surface area (Å²) < 4.78 is 64.8. The minimum absolute atomic E-state index is 0.0470. The zero-order valence-corrected chi connectivity index (χ0v) is 15.7. The van der Waals surface area contributed by atoms with Crippen LogP contribution in [0.4, 0.5) is 18.9 Å². The van der Waals surface area contributed by atoms with Gasteiger partial charge in [-0.2, -0.15) is 13.2 Å². The zero-order valence-electron chi connectivity index (χ0n) is 14.9. The number of benzene rings is 2. The Kier molecular flexibility index (Phi) is 5.67. The second-order valence-electron chi connectivity index (χ2n) is 6.88. The Morgan fingerprint density at radius 3 is 2.00 bits per heavy atom. The lowest BCUT2D eigenvalue weighted by atomic mass is 10.1. The quantitative estimate of drug-likeness (QED) is 0.817. The number of anilines is 1. The van der Waals surface area contributed by atoms with Crippen molar-refractivity contribution in [3.05, 3.63) is 48.5 Å². The molecule has 0 radical (unpaired) electrons. The summed E-state index contributed by atoms with van der Waals surface area (Å²) in [5.74, 6) is -2.08. The third-order valence-corrected chi connectivity index (χ3v) is 5.14. The van der Waals surface area contributed by atoms with E-state index >= 15 is 0 Å². The Morgan fingerprint density at radius 1 is 0.926 bits per heavy atom. The summed E-state index contributed by atoms with van der Waals surface area (Å²) in [5, 5.41) is 1.74. The maximum atomic E-state index is 12.7. The third kappa shape index (κ3) is 5.54. The van der Waals surface area contributed by atoms with E-state index in [1.54, 1.807) is 44.3 Å². The van der Waals surface area contributed by atoms with Gasteiger partial charge in [-0.1, -0.05) is 30.3 Å². The van der Waals surface area contributed by atoms with Crippen LogP contribution < -0.4 is 10.0 Å². The highest BCUT2D eigenvalue weighted by molar-refractivity contribution is 7.89. The molecule has 2 aromatic rings. The standard InChI is InChI=1S/C18H19F3N2O3S/c1-17(2,3)23-27(25,26)15-7-5-4-6-14(15)12-8-10-13(11-9-12)22-16(24)18(19,20)21/h4-11,23H,1-3H3,(H,22,24). The average molecular weight is 400 g/mol. The summed E-state index contributed by atoms with van der Waals surface area (Å²) in [4.78, 5) is 11.0. The molecular formula is C18H19F3N2O3S. The smallest absolute Gasteiger partial charge is 0.318 e. The Bertz CT molecular complexity index is 932. The Balaban J connectivity index is 2.36. The summed E-state index contributed by atoms with van der Waals surface area (Å²) in [6, 6.07) is 11.7. The molecule has 0 saturated carbocycles. The van der Waals surface area contributed by atoms with Crippen molar-refractivity contribution in [3.8, 4) is 11.1 Å². The van der Waals surface area contributed by atoms with Crippen LogP contribution in [0.15, 0.2) is 53.4 Å². The number of carbonyl (C=O) groups excluding carboxylic acids is 1. The van der Waals surface area contributed by atoms with E-state index in [4.69, 9.17) is 0 Å². The minimum Gasteiger partial charge on any atom is -0.318 e. The van der Waals surface area contributed by atoms with E-state index in [9.17, 15) is 26.4 Å². The van der Waals surface area contributed by atoms with Crippen LogP contribution in [0.25, 0.3) is 11.1 Å². The topological polar surface area (TPSA) is 75.3 Å². The second-order valence-corrected chi connectivity index (χ2v) is 8.53. The summed E-state index contributed by atoms with van der Waals surface area (Å²) >= 11 is 0. The minimum atomic E-state index is -4.99. The fourth-order valence-corrected chi connectivity index (χ4v) is 3.98. The average Bonchev–Trinajstić information content (AvgIpc) is 2.52. The van der Waals surface area contributed by atoms with Gasteiger partial charge in [0.25, 0.3) is 0 Å². The number of hydrogen-bond acceptors (Lipinski definition) is 3. The van der Waals surface area contributed by atoms with E-state index in [-0.39, 0.29) is 10.6 Å². The van der Waals surface area contributed by atoms with Crippen molar-refractivity contribution >= 4 is 21.6 Å². The SMILES string of the molecule is CC(C)(C)NS(=O)(=O)c1ccccc1-c1ccc(NC(=O)C(F)(F)F)cc1. The van der Waals surface area contributed by atoms with E-state index in [0.29, 0.717) is 11.1 Å². The number of halogens is 3. The normalized spacial score (nSPS) is 12.7. The van der Waals surface area contributed by atoms with E-state index < -0.39 is 27.6 Å². The molecule has 5 nitrogen and oxygen atoms in total. The molecule has 2 aromatic carbocycles. The zero-order chi connectivity index (χ0) is 20.5. The lowest BCUT2D eigenvalue weighted by molar-refractivity contribution is -0.167. The first-order valence-corrected chi connectivity index (χ1v) is 9.39. The molecule has 0 unspecified atom stereocenters. The number of amides is 1. The van der Waals surface area contributed by atoms with Crippen molar-refractivity contribution < 1.29 is 26.4 Å². The molecule has 2 N–H and O–H groups in total. The maximum absolute atomic E-state index is 12.7. The number of alkyl halides is 3. The molecule has 0 aliphatic rings. The first-order valence-electron chi connectivity index (χ1n) is 7.91. The van der Waals surface area contributed by atoms with Crippen LogP contribution >= 0.6 is 0 Å². The van der Waals surface area contributed by atoms with Crippen LogP contribution in [0.3, 0.4) is 0 Å². The van der Waals surface area contributed by atoms with Crippen LogP contribution in [0, 0.1) is 0 Å². The number of sulfonamides is 1. The Labute approximate surface area is 155 Å². The highest BCUT2D eigenvalue weighted by atomic mass is 32.2. The first-order chi connectivity index (χ1) is 12.3. The lowest BCUT2D eigenvalue weighted by Crippen LogP contribution is -2.40. The molecule has 2 rings (SSSR count). The summed E-state index contributed by atoms with van der Waals surface area (Å²) in [6.07, 6.45) is -4.99. The molecule has 9 heteroatoms. The molecule has 0 atom stereocenters. The van der Waals surface area contributed by atoms with Gasteiger partial charge >= 0.3 is 12.1 Å². The summed E-state index contributed by atoms with van der Waals surface area (Å²) in [6.45, 7) is 5.14. The van der Waals surface area contributed by atoms with Crippen molar-refractivity contribution in [1.82, 2.24) is 4.72 Å². The van der Waals surface area contributed by atoms with Gasteiger partial charge in [0.05, 0.1) is 4.90 Å². The molecule has 0 aromatic heterocycles. The van der Waals surface area contributed by atoms with Gasteiger partial charge in [-0.15, -0.1) is 0 Å². The van der Waals surface area contributed by atoms with Crippen LogP contribution in [0.1, 0.15) is 20.8 Å². The largest absolute Gasteiger partial charge is 0.471 e. The molecule has 0 fully saturated rings. The number of hydrogen-bond donors (Lipinski definition) is 2. The van der Waals surface area contributed by atoms with Gasteiger partial charge in [0.2, 0.25) is 10.0 Å². The van der Waals surface area contributed by atoms with Crippen LogP contribution in [-0.4, -0.2) is 26.0 Å². The fourth-order valence-electron chi connectivity index (χ4n) is 2.33. The molecule has 27 heavy (non-hydrogen) atoms. The molecule has 0 aliphatic carbocycles. The van der Waals surface area contributed by atoms with Crippen LogP contribution in [0.2, 0.25) is 0 Å². The van der Waals surface area contributed by atoms with E-state index in [1.165, 1.54) is 30.3 Å². The highest BCUT2D eigenvalue weighted by Crippen LogP contribution is 2.29. The molecule has 0 aliphatic heterocycles. The number of carbonyl (C=O) groups is 1. The predicted molar refractivity (Wildman–Crippen MR) is 96.6 cm³/mol. The molecule has 146 valence electrons. The Morgan fingerprint density at radius 2 is 1.48 bits per heavy atom. The van der Waals surface area contributed by atoms with Crippen molar-refractivity contribution in [2.75, 3.05) is 5.32 Å². The van der Waals surface area contributed by atoms with Crippen molar-refractivity contribution in [3.63, 3.8) is 0 Å². The van der Waals surface area contributed by atoms with Gasteiger partial charge in [-0.05, 0) is 44.5 Å². The number of rotatable bonds is 4. The monoisotopic (exact) mass is 400 g/mol. The van der Waals surface area contributed by atoms with Gasteiger partial charge in [-0.3, -0.25) is 4.79 Å². The highest BCUT2D eigenvalue weighted by Gasteiger charge is 2.38. The van der Waals surface area contributed by atoms with E-state index in [1.807, 2.05) is 0 Å². The van der Waals surface area contributed by atoms with Gasteiger partial charge in [-0.25, -0.2) is 13.1 Å². The van der Waals surface area contributed by atoms with Crippen molar-refractivity contribution in [1.29, 1.82) is 0 Å². The van der Waals surface area contributed by atoms with Crippen LogP contribution in [-0.2, 0) is 14.8 Å². The molecule has 1 amide bonds. The van der Waals surface area contributed by atoms with Gasteiger partial charge in [0.1, 0.15) is 0 Å². The van der Waals surface area contributed by atoms with Crippen molar-refractivity contribution in [2.24, 2.45) is 0 Å². The molecule has 0 spiro atoms. The predicted octanol–water partition coefficient (Wildman–Crippen LogP) is 3.93. The van der Waals surface area contributed by atoms with E-state index in [2.05, 4.69) is 4.72 Å². The second kappa shape index (κ2) is 7.32. The van der Waals surface area contributed by atoms with E-state index in [0.717, 1.165) is 0 Å². The molecular weight excluding hydrogens is 381 g/mol. The van der Waals surface area contributed by atoms with Crippen molar-refractivity contribution in [2.45, 2.75) is 37.4 Å². The lowest BCUT2D eigenvalue weighted by Gasteiger charge is -2.21. The van der Waals surface area contributed by atoms with Gasteiger partial charge in [0, 0.05) is 16.8 Å². The Hall–Kier alpha value is -2.39. The van der Waals surface area contributed by atoms with Gasteiger partial charge in [0.15, 0.2) is 0 Å². The molecule has 0 bridgehead atoms. The fraction of sp³-hybridized carbons (Fsp3) is 0.278. The van der Waals surface area contributed by atoms with Crippen LogP contribution in [0.5, 0.6) is 0 Å².